The van der Waals surface area contributed by atoms with E-state index in [-0.39, 0.29) is 18.9 Å². The van der Waals surface area contributed by atoms with Gasteiger partial charge in [-0.15, -0.1) is 0 Å². The lowest BCUT2D eigenvalue weighted by atomic mass is 9.97. The SMILES string of the molecule is CCCCCCCC/C=C\CCCCCCCC(=O)NC(COC1OC(CO)C(OC2OC(CO)C(O)C(O)C2O)C(O)C1O)C(O)/C=C/CCCCCCCCCCCCC. The summed E-state index contributed by atoms with van der Waals surface area (Å²) in [5.74, 6) is -0.250. The largest absolute Gasteiger partial charge is 0.394 e. The molecule has 2 heterocycles. The van der Waals surface area contributed by atoms with E-state index in [9.17, 15) is 45.6 Å². The van der Waals surface area contributed by atoms with Gasteiger partial charge in [0.15, 0.2) is 12.6 Å². The van der Waals surface area contributed by atoms with Gasteiger partial charge in [0, 0.05) is 6.42 Å². The van der Waals surface area contributed by atoms with Crippen LogP contribution in [0.2, 0.25) is 0 Å². The van der Waals surface area contributed by atoms with Crippen LogP contribution in [0.3, 0.4) is 0 Å². The molecule has 62 heavy (non-hydrogen) atoms. The zero-order valence-corrected chi connectivity index (χ0v) is 38.4. The standard InChI is InChI=1S/C48H89NO13/c1-3-5-7-9-11-13-15-17-18-20-22-24-26-28-30-32-40(53)49-36(37(52)31-29-27-25-23-21-19-16-14-12-10-8-6-4-2)35-59-47-45(58)43(56)46(39(34-51)61-47)62-48-44(57)42(55)41(54)38(33-50)60-48/h17-18,29,31,36-39,41-48,50-52,54-58H,3-16,19-28,30,32-35H2,1-2H3,(H,49,53)/b18-17-,31-29+. The molecule has 2 rings (SSSR count). The lowest BCUT2D eigenvalue weighted by Crippen LogP contribution is -2.65. The lowest BCUT2D eigenvalue weighted by molar-refractivity contribution is -0.359. The molecule has 0 radical (unpaired) electrons. The average Bonchev–Trinajstić information content (AvgIpc) is 3.27. The summed E-state index contributed by atoms with van der Waals surface area (Å²) in [5.41, 5.74) is 0. The fraction of sp³-hybridized carbons (Fsp3) is 0.896. The van der Waals surface area contributed by atoms with Gasteiger partial charge < -0.3 is 65.1 Å². The highest BCUT2D eigenvalue weighted by atomic mass is 16.7. The molecule has 12 unspecified atom stereocenters. The summed E-state index contributed by atoms with van der Waals surface area (Å²) in [6.45, 7) is 2.76. The predicted octanol–water partition coefficient (Wildman–Crippen LogP) is 5.77. The number of amides is 1. The lowest BCUT2D eigenvalue weighted by Gasteiger charge is -2.46. The van der Waals surface area contributed by atoms with E-state index in [1.54, 1.807) is 6.08 Å². The van der Waals surface area contributed by atoms with Gasteiger partial charge in [0.1, 0.15) is 48.8 Å². The molecular formula is C48H89NO13. The smallest absolute Gasteiger partial charge is 0.220 e. The molecule has 0 aliphatic carbocycles. The number of nitrogens with one attached hydrogen (secondary N) is 1. The monoisotopic (exact) mass is 888 g/mol. The van der Waals surface area contributed by atoms with Crippen LogP contribution in [0.25, 0.3) is 0 Å². The van der Waals surface area contributed by atoms with Crippen molar-refractivity contribution in [1.82, 2.24) is 5.32 Å². The second-order valence-corrected chi connectivity index (χ2v) is 17.6. The van der Waals surface area contributed by atoms with Crippen LogP contribution in [0.4, 0.5) is 0 Å². The molecular weight excluding hydrogens is 799 g/mol. The first-order chi connectivity index (χ1) is 30.1. The number of hydrogen-bond acceptors (Lipinski definition) is 13. The number of carbonyl (C=O) groups is 1. The van der Waals surface area contributed by atoms with Crippen molar-refractivity contribution in [1.29, 1.82) is 0 Å². The molecule has 0 aromatic carbocycles. The van der Waals surface area contributed by atoms with E-state index in [1.807, 2.05) is 6.08 Å². The van der Waals surface area contributed by atoms with Crippen LogP contribution < -0.4 is 5.32 Å². The van der Waals surface area contributed by atoms with E-state index in [4.69, 9.17) is 18.9 Å². The van der Waals surface area contributed by atoms with Gasteiger partial charge in [-0.2, -0.15) is 0 Å². The molecule has 364 valence electrons. The summed E-state index contributed by atoms with van der Waals surface area (Å²) in [6, 6.07) is -0.914. The molecule has 2 saturated heterocycles. The summed E-state index contributed by atoms with van der Waals surface area (Å²) in [7, 11) is 0. The van der Waals surface area contributed by atoms with E-state index in [2.05, 4.69) is 31.3 Å². The molecule has 14 heteroatoms. The van der Waals surface area contributed by atoms with Gasteiger partial charge in [-0.25, -0.2) is 0 Å². The number of rotatable bonds is 37. The van der Waals surface area contributed by atoms with Crippen molar-refractivity contribution in [3.8, 4) is 0 Å². The summed E-state index contributed by atoms with van der Waals surface area (Å²) in [6.07, 6.45) is 20.7. The third-order valence-electron chi connectivity index (χ3n) is 12.1. The first-order valence-electron chi connectivity index (χ1n) is 24.6. The summed E-state index contributed by atoms with van der Waals surface area (Å²) >= 11 is 0. The fourth-order valence-electron chi connectivity index (χ4n) is 8.05. The molecule has 1 amide bonds. The van der Waals surface area contributed by atoms with Crippen LogP contribution in [0.15, 0.2) is 24.3 Å². The number of allylic oxidation sites excluding steroid dienone is 3. The van der Waals surface area contributed by atoms with Crippen LogP contribution in [0.1, 0.15) is 181 Å². The maximum Gasteiger partial charge on any atom is 0.220 e. The number of ether oxygens (including phenoxy) is 4. The molecule has 2 aliphatic heterocycles. The van der Waals surface area contributed by atoms with Crippen LogP contribution in [-0.4, -0.2) is 140 Å². The molecule has 0 bridgehead atoms. The highest BCUT2D eigenvalue weighted by Crippen LogP contribution is 2.30. The highest BCUT2D eigenvalue weighted by molar-refractivity contribution is 5.76. The van der Waals surface area contributed by atoms with Crippen LogP contribution in [-0.2, 0) is 23.7 Å². The highest BCUT2D eigenvalue weighted by Gasteiger charge is 2.51. The first kappa shape index (κ1) is 56.6. The zero-order chi connectivity index (χ0) is 45.4. The van der Waals surface area contributed by atoms with E-state index in [1.165, 1.54) is 96.3 Å². The number of hydrogen-bond donors (Lipinski definition) is 9. The summed E-state index contributed by atoms with van der Waals surface area (Å²) < 4.78 is 22.6. The Morgan fingerprint density at radius 1 is 0.565 bits per heavy atom. The molecule has 9 N–H and O–H groups in total. The van der Waals surface area contributed by atoms with E-state index in [0.717, 1.165) is 57.8 Å². The Labute approximate surface area is 373 Å². The van der Waals surface area contributed by atoms with Crippen molar-refractivity contribution in [2.24, 2.45) is 0 Å². The number of carbonyl (C=O) groups excluding carboxylic acids is 1. The van der Waals surface area contributed by atoms with E-state index in [0.29, 0.717) is 6.42 Å². The minimum atomic E-state index is -1.79. The van der Waals surface area contributed by atoms with Gasteiger partial charge in [-0.1, -0.05) is 154 Å². The number of aliphatic hydroxyl groups is 8. The fourth-order valence-corrected chi connectivity index (χ4v) is 8.05. The summed E-state index contributed by atoms with van der Waals surface area (Å²) in [5, 5.41) is 86.6. The molecule has 12 atom stereocenters. The van der Waals surface area contributed by atoms with Crippen molar-refractivity contribution in [2.45, 2.75) is 254 Å². The predicted molar refractivity (Wildman–Crippen MR) is 240 cm³/mol. The topological polar surface area (TPSA) is 228 Å². The molecule has 2 aliphatic rings. The minimum Gasteiger partial charge on any atom is -0.394 e. The Morgan fingerprint density at radius 2 is 1.02 bits per heavy atom. The molecule has 2 fully saturated rings. The van der Waals surface area contributed by atoms with E-state index >= 15 is 0 Å². The number of unbranched alkanes of at least 4 members (excludes halogenated alkanes) is 22. The normalized spacial score (nSPS) is 27.9. The van der Waals surface area contributed by atoms with Crippen LogP contribution >= 0.6 is 0 Å². The Balaban J connectivity index is 1.88. The maximum absolute atomic E-state index is 13.1. The van der Waals surface area contributed by atoms with Crippen molar-refractivity contribution in [3.05, 3.63) is 24.3 Å². The second-order valence-electron chi connectivity index (χ2n) is 17.6. The van der Waals surface area contributed by atoms with Crippen molar-refractivity contribution in [3.63, 3.8) is 0 Å². The number of aliphatic hydroxyl groups excluding tert-OH is 8. The van der Waals surface area contributed by atoms with Crippen LogP contribution in [0.5, 0.6) is 0 Å². The second kappa shape index (κ2) is 35.7. The Hall–Kier alpha value is -1.53. The first-order valence-corrected chi connectivity index (χ1v) is 24.6. The van der Waals surface area contributed by atoms with E-state index < -0.39 is 86.8 Å². The molecule has 0 aromatic heterocycles. The Bertz CT molecular complexity index is 1140. The Morgan fingerprint density at radius 3 is 1.53 bits per heavy atom. The van der Waals surface area contributed by atoms with Gasteiger partial charge in [0.25, 0.3) is 0 Å². The maximum atomic E-state index is 13.1. The average molecular weight is 888 g/mol. The molecule has 14 nitrogen and oxygen atoms in total. The Kier molecular flexibility index (Phi) is 32.6. The molecule has 0 aromatic rings. The van der Waals surface area contributed by atoms with Gasteiger partial charge in [0.05, 0.1) is 32.0 Å². The van der Waals surface area contributed by atoms with Gasteiger partial charge in [0.2, 0.25) is 5.91 Å². The third kappa shape index (κ3) is 23.1. The quantitative estimate of drug-likeness (QED) is 0.0267. The summed E-state index contributed by atoms with van der Waals surface area (Å²) in [4.78, 5) is 13.1. The van der Waals surface area contributed by atoms with Crippen molar-refractivity contribution in [2.75, 3.05) is 19.8 Å². The molecule has 0 saturated carbocycles. The van der Waals surface area contributed by atoms with Gasteiger partial charge in [-0.05, 0) is 44.9 Å². The van der Waals surface area contributed by atoms with Crippen molar-refractivity contribution < 1.29 is 64.6 Å². The van der Waals surface area contributed by atoms with Crippen molar-refractivity contribution >= 4 is 5.91 Å². The van der Waals surface area contributed by atoms with Gasteiger partial charge in [-0.3, -0.25) is 4.79 Å². The molecule has 0 spiro atoms. The zero-order valence-electron chi connectivity index (χ0n) is 38.4. The third-order valence-corrected chi connectivity index (χ3v) is 12.1. The van der Waals surface area contributed by atoms with Gasteiger partial charge >= 0.3 is 0 Å². The minimum absolute atomic E-state index is 0.250. The van der Waals surface area contributed by atoms with Crippen LogP contribution in [0, 0.1) is 0 Å².